The summed E-state index contributed by atoms with van der Waals surface area (Å²) < 4.78 is 0. The maximum Gasteiger partial charge on any atom is 0.225 e. The van der Waals surface area contributed by atoms with Gasteiger partial charge >= 0.3 is 0 Å². The molecule has 80 valence electrons. The number of aromatic nitrogens is 2. The number of aryl methyl sites for hydroxylation is 1. The lowest BCUT2D eigenvalue weighted by molar-refractivity contribution is 0.493. The summed E-state index contributed by atoms with van der Waals surface area (Å²) in [7, 11) is 3.81. The van der Waals surface area contributed by atoms with E-state index in [4.69, 9.17) is 11.6 Å². The molecule has 0 saturated heterocycles. The van der Waals surface area contributed by atoms with Crippen LogP contribution in [0.15, 0.2) is 6.07 Å². The van der Waals surface area contributed by atoms with E-state index in [2.05, 4.69) is 21.5 Å². The Labute approximate surface area is 96.9 Å². The van der Waals surface area contributed by atoms with Gasteiger partial charge in [-0.3, -0.25) is 0 Å². The van der Waals surface area contributed by atoms with E-state index in [-0.39, 0.29) is 5.28 Å². The van der Waals surface area contributed by atoms with Crippen LogP contribution in [0.1, 0.15) is 4.88 Å². The first-order valence-corrected chi connectivity index (χ1v) is 5.63. The van der Waals surface area contributed by atoms with Gasteiger partial charge < -0.3 is 5.43 Å². The Morgan fingerprint density at radius 3 is 2.80 bits per heavy atom. The van der Waals surface area contributed by atoms with Gasteiger partial charge in [0, 0.05) is 19.0 Å². The minimum Gasteiger partial charge on any atom is -0.303 e. The van der Waals surface area contributed by atoms with Crippen LogP contribution >= 0.6 is 22.9 Å². The molecule has 1 N–H and O–H groups in total. The van der Waals surface area contributed by atoms with Crippen LogP contribution in [0.4, 0.5) is 5.82 Å². The van der Waals surface area contributed by atoms with Crippen molar-refractivity contribution in [1.29, 1.82) is 0 Å². The Morgan fingerprint density at radius 1 is 1.40 bits per heavy atom. The molecule has 0 fully saturated rings. The highest BCUT2D eigenvalue weighted by Crippen LogP contribution is 2.29. The Kier molecular flexibility index (Phi) is 2.77. The maximum absolute atomic E-state index is 5.84. The average molecular weight is 243 g/mol. The molecule has 2 aromatic rings. The summed E-state index contributed by atoms with van der Waals surface area (Å²) >= 11 is 7.46. The molecule has 0 spiro atoms. The number of nitrogens with zero attached hydrogens (tertiary/aromatic N) is 3. The van der Waals surface area contributed by atoms with Gasteiger partial charge in [-0.2, -0.15) is 4.98 Å². The normalized spacial score (nSPS) is 11.3. The molecule has 0 radical (unpaired) electrons. The maximum atomic E-state index is 5.84. The third-order valence-corrected chi connectivity index (χ3v) is 2.93. The van der Waals surface area contributed by atoms with E-state index in [1.54, 1.807) is 11.3 Å². The molecule has 0 amide bonds. The average Bonchev–Trinajstić information content (AvgIpc) is 2.44. The zero-order valence-electron chi connectivity index (χ0n) is 8.71. The molecule has 15 heavy (non-hydrogen) atoms. The molecule has 0 aliphatic heterocycles. The lowest BCUT2D eigenvalue weighted by Crippen LogP contribution is -2.20. The van der Waals surface area contributed by atoms with E-state index in [0.29, 0.717) is 0 Å². The molecule has 2 aromatic heterocycles. The third kappa shape index (κ3) is 2.19. The highest BCUT2D eigenvalue weighted by molar-refractivity contribution is 7.18. The Morgan fingerprint density at radius 2 is 2.13 bits per heavy atom. The van der Waals surface area contributed by atoms with Gasteiger partial charge in [0.25, 0.3) is 0 Å². The van der Waals surface area contributed by atoms with Gasteiger partial charge in [-0.25, -0.2) is 9.99 Å². The largest absolute Gasteiger partial charge is 0.303 e. The van der Waals surface area contributed by atoms with Crippen LogP contribution in [0.2, 0.25) is 5.28 Å². The number of hydrazine groups is 1. The predicted octanol–water partition coefficient (Wildman–Crippen LogP) is 2.54. The molecular formula is C9H11ClN4S. The highest BCUT2D eigenvalue weighted by atomic mass is 35.5. The number of nitrogens with one attached hydrogen (secondary N) is 1. The molecular weight excluding hydrogens is 232 g/mol. The molecule has 4 nitrogen and oxygen atoms in total. The lowest BCUT2D eigenvalue weighted by atomic mass is 10.3. The smallest absolute Gasteiger partial charge is 0.225 e. The van der Waals surface area contributed by atoms with Crippen LogP contribution in [0.5, 0.6) is 0 Å². The Balaban J connectivity index is 2.59. The van der Waals surface area contributed by atoms with E-state index in [1.807, 2.05) is 26.0 Å². The van der Waals surface area contributed by atoms with Gasteiger partial charge in [0.15, 0.2) is 5.82 Å². The van der Waals surface area contributed by atoms with E-state index in [1.165, 1.54) is 4.88 Å². The summed E-state index contributed by atoms with van der Waals surface area (Å²) in [6.45, 7) is 2.04. The van der Waals surface area contributed by atoms with Gasteiger partial charge in [-0.05, 0) is 24.6 Å². The van der Waals surface area contributed by atoms with Crippen molar-refractivity contribution in [3.63, 3.8) is 0 Å². The first kappa shape index (κ1) is 10.6. The zero-order chi connectivity index (χ0) is 11.0. The lowest BCUT2D eigenvalue weighted by Gasteiger charge is -2.12. The molecule has 6 heteroatoms. The molecule has 0 atom stereocenters. The molecule has 0 bridgehead atoms. The number of rotatable bonds is 2. The molecule has 0 aliphatic carbocycles. The van der Waals surface area contributed by atoms with Crippen molar-refractivity contribution in [3.05, 3.63) is 16.2 Å². The molecule has 0 unspecified atom stereocenters. The standard InChI is InChI=1S/C9H11ClN4S/c1-5-4-6-7(13-14(2)3)11-9(10)12-8(6)15-5/h4H,1-3H3,(H,11,12,13). The number of halogens is 1. The molecule has 0 saturated carbocycles. The number of fused-ring (bicyclic) bond motifs is 1. The first-order chi connectivity index (χ1) is 7.06. The SMILES string of the molecule is Cc1cc2c(NN(C)C)nc(Cl)nc2s1. The van der Waals surface area contributed by atoms with E-state index in [0.717, 1.165) is 16.0 Å². The summed E-state index contributed by atoms with van der Waals surface area (Å²) in [5.41, 5.74) is 3.11. The van der Waals surface area contributed by atoms with Gasteiger partial charge in [0.1, 0.15) is 4.83 Å². The monoisotopic (exact) mass is 242 g/mol. The Bertz CT molecular complexity index is 494. The summed E-state index contributed by atoms with van der Waals surface area (Å²) in [5, 5.41) is 3.11. The molecule has 2 rings (SSSR count). The number of hydrogen-bond acceptors (Lipinski definition) is 5. The summed E-state index contributed by atoms with van der Waals surface area (Å²) in [6, 6.07) is 2.06. The molecule has 0 aliphatic rings. The van der Waals surface area contributed by atoms with Gasteiger partial charge in [0.2, 0.25) is 5.28 Å². The van der Waals surface area contributed by atoms with Crippen molar-refractivity contribution in [2.75, 3.05) is 19.5 Å². The Hall–Kier alpha value is -0.910. The van der Waals surface area contributed by atoms with Gasteiger partial charge in [0.05, 0.1) is 5.39 Å². The zero-order valence-corrected chi connectivity index (χ0v) is 10.3. The minimum absolute atomic E-state index is 0.272. The first-order valence-electron chi connectivity index (χ1n) is 4.44. The van der Waals surface area contributed by atoms with Gasteiger partial charge in [-0.1, -0.05) is 0 Å². The topological polar surface area (TPSA) is 41.0 Å². The second kappa shape index (κ2) is 3.92. The number of hydrogen-bond donors (Lipinski definition) is 1. The van der Waals surface area contributed by atoms with Crippen molar-refractivity contribution in [2.24, 2.45) is 0 Å². The van der Waals surface area contributed by atoms with Crippen molar-refractivity contribution < 1.29 is 0 Å². The fraction of sp³-hybridized carbons (Fsp3) is 0.333. The minimum atomic E-state index is 0.272. The van der Waals surface area contributed by atoms with Crippen molar-refractivity contribution in [1.82, 2.24) is 15.0 Å². The summed E-state index contributed by atoms with van der Waals surface area (Å²) in [6.07, 6.45) is 0. The van der Waals surface area contributed by atoms with E-state index in [9.17, 15) is 0 Å². The number of thiophene rings is 1. The second-order valence-corrected chi connectivity index (χ2v) is 5.00. The fourth-order valence-corrected chi connectivity index (χ4v) is 2.41. The summed E-state index contributed by atoms with van der Waals surface area (Å²) in [4.78, 5) is 10.5. The van der Waals surface area contributed by atoms with Crippen molar-refractivity contribution >= 4 is 39.0 Å². The predicted molar refractivity (Wildman–Crippen MR) is 64.5 cm³/mol. The van der Waals surface area contributed by atoms with Crippen LogP contribution in [-0.2, 0) is 0 Å². The van der Waals surface area contributed by atoms with Crippen LogP contribution in [-0.4, -0.2) is 29.1 Å². The van der Waals surface area contributed by atoms with Crippen LogP contribution in [0, 0.1) is 6.92 Å². The van der Waals surface area contributed by atoms with E-state index < -0.39 is 0 Å². The third-order valence-electron chi connectivity index (χ3n) is 1.82. The van der Waals surface area contributed by atoms with Crippen LogP contribution in [0.3, 0.4) is 0 Å². The molecule has 0 aromatic carbocycles. The van der Waals surface area contributed by atoms with Crippen molar-refractivity contribution in [3.8, 4) is 0 Å². The van der Waals surface area contributed by atoms with Gasteiger partial charge in [-0.15, -0.1) is 11.3 Å². The molecule has 2 heterocycles. The van der Waals surface area contributed by atoms with E-state index >= 15 is 0 Å². The summed E-state index contributed by atoms with van der Waals surface area (Å²) in [5.74, 6) is 0.749. The van der Waals surface area contributed by atoms with Crippen LogP contribution in [0.25, 0.3) is 10.2 Å². The fourth-order valence-electron chi connectivity index (χ4n) is 1.31. The quantitative estimate of drug-likeness (QED) is 0.649. The van der Waals surface area contributed by atoms with Crippen LogP contribution < -0.4 is 5.43 Å². The highest BCUT2D eigenvalue weighted by Gasteiger charge is 2.09. The van der Waals surface area contributed by atoms with Crippen molar-refractivity contribution in [2.45, 2.75) is 6.92 Å². The second-order valence-electron chi connectivity index (χ2n) is 3.42. The number of anilines is 1.